The van der Waals surface area contributed by atoms with Gasteiger partial charge in [0.05, 0.1) is 25.3 Å². The first-order chi connectivity index (χ1) is 7.13. The Labute approximate surface area is 86.2 Å². The molecular weight excluding hydrogens is 198 g/mol. The van der Waals surface area contributed by atoms with E-state index in [2.05, 4.69) is 10.5 Å². The van der Waals surface area contributed by atoms with Crippen molar-refractivity contribution in [3.8, 4) is 0 Å². The first-order valence-electron chi connectivity index (χ1n) is 4.61. The van der Waals surface area contributed by atoms with Crippen molar-refractivity contribution >= 4 is 11.8 Å². The van der Waals surface area contributed by atoms with Crippen LogP contribution in [-0.2, 0) is 16.1 Å². The van der Waals surface area contributed by atoms with Crippen LogP contribution in [0.5, 0.6) is 0 Å². The molecule has 1 aromatic rings. The third kappa shape index (κ3) is 2.41. The minimum atomic E-state index is -0.275. The minimum absolute atomic E-state index is 0.214. The van der Waals surface area contributed by atoms with E-state index in [0.29, 0.717) is 12.3 Å². The molecule has 80 valence electrons. The maximum absolute atomic E-state index is 11.1. The van der Waals surface area contributed by atoms with E-state index in [4.69, 9.17) is 4.52 Å². The molecule has 0 spiro atoms. The van der Waals surface area contributed by atoms with Crippen molar-refractivity contribution in [1.82, 2.24) is 15.4 Å². The SMILES string of the molecule is Cc1cc(CN2CC(=O)NC(=O)C2)on1. The topological polar surface area (TPSA) is 75.4 Å². The molecule has 0 radical (unpaired) electrons. The number of imide groups is 1. The monoisotopic (exact) mass is 209 g/mol. The number of nitrogens with one attached hydrogen (secondary N) is 1. The zero-order valence-corrected chi connectivity index (χ0v) is 8.32. The summed E-state index contributed by atoms with van der Waals surface area (Å²) in [5.41, 5.74) is 0.790. The number of piperazine rings is 1. The summed E-state index contributed by atoms with van der Waals surface area (Å²) in [6.45, 7) is 2.68. The molecule has 6 nitrogen and oxygen atoms in total. The maximum Gasteiger partial charge on any atom is 0.240 e. The Bertz CT molecular complexity index is 383. The number of nitrogens with zero attached hydrogens (tertiary/aromatic N) is 2. The lowest BCUT2D eigenvalue weighted by molar-refractivity contribution is -0.136. The van der Waals surface area contributed by atoms with Crippen LogP contribution in [0.25, 0.3) is 0 Å². The number of amides is 2. The minimum Gasteiger partial charge on any atom is -0.360 e. The van der Waals surface area contributed by atoms with E-state index in [1.54, 1.807) is 11.0 Å². The highest BCUT2D eigenvalue weighted by Gasteiger charge is 2.23. The summed E-state index contributed by atoms with van der Waals surface area (Å²) in [6, 6.07) is 1.79. The molecule has 1 saturated heterocycles. The summed E-state index contributed by atoms with van der Waals surface area (Å²) >= 11 is 0. The van der Waals surface area contributed by atoms with Gasteiger partial charge in [0, 0.05) is 6.07 Å². The summed E-state index contributed by atoms with van der Waals surface area (Å²) < 4.78 is 5.00. The molecule has 2 rings (SSSR count). The van der Waals surface area contributed by atoms with Gasteiger partial charge < -0.3 is 4.52 Å². The fourth-order valence-corrected chi connectivity index (χ4v) is 1.52. The maximum atomic E-state index is 11.1. The normalized spacial score (nSPS) is 17.9. The molecule has 1 aliphatic heterocycles. The van der Waals surface area contributed by atoms with Crippen molar-refractivity contribution in [3.05, 3.63) is 17.5 Å². The fraction of sp³-hybridized carbons (Fsp3) is 0.444. The number of carbonyl (C=O) groups excluding carboxylic acids is 2. The Morgan fingerprint density at radius 3 is 2.67 bits per heavy atom. The smallest absolute Gasteiger partial charge is 0.240 e. The number of aryl methyl sites for hydroxylation is 1. The van der Waals surface area contributed by atoms with Crippen LogP contribution in [0.2, 0.25) is 0 Å². The Morgan fingerprint density at radius 2 is 2.13 bits per heavy atom. The van der Waals surface area contributed by atoms with Crippen LogP contribution >= 0.6 is 0 Å². The van der Waals surface area contributed by atoms with Gasteiger partial charge in [0.1, 0.15) is 0 Å². The van der Waals surface area contributed by atoms with Crippen LogP contribution in [0.1, 0.15) is 11.5 Å². The number of rotatable bonds is 2. The van der Waals surface area contributed by atoms with Crippen LogP contribution in [0.3, 0.4) is 0 Å². The molecule has 1 N–H and O–H groups in total. The third-order valence-electron chi connectivity index (χ3n) is 2.07. The molecule has 0 unspecified atom stereocenters. The van der Waals surface area contributed by atoms with Gasteiger partial charge in [-0.1, -0.05) is 5.16 Å². The molecule has 0 saturated carbocycles. The van der Waals surface area contributed by atoms with Gasteiger partial charge in [0.25, 0.3) is 0 Å². The lowest BCUT2D eigenvalue weighted by atomic mass is 10.3. The Hall–Kier alpha value is -1.69. The van der Waals surface area contributed by atoms with E-state index in [-0.39, 0.29) is 24.9 Å². The summed E-state index contributed by atoms with van der Waals surface area (Å²) in [7, 11) is 0. The van der Waals surface area contributed by atoms with Gasteiger partial charge in [-0.25, -0.2) is 0 Å². The fourth-order valence-electron chi connectivity index (χ4n) is 1.52. The quantitative estimate of drug-likeness (QED) is 0.661. The zero-order chi connectivity index (χ0) is 10.8. The van der Waals surface area contributed by atoms with Gasteiger partial charge in [0.15, 0.2) is 5.76 Å². The molecule has 1 aliphatic rings. The van der Waals surface area contributed by atoms with Gasteiger partial charge in [-0.3, -0.25) is 19.8 Å². The predicted molar refractivity (Wildman–Crippen MR) is 49.7 cm³/mol. The molecule has 2 amide bonds. The van der Waals surface area contributed by atoms with Crippen molar-refractivity contribution in [3.63, 3.8) is 0 Å². The molecule has 2 heterocycles. The predicted octanol–water partition coefficient (Wildman–Crippen LogP) is -0.559. The second-order valence-corrected chi connectivity index (χ2v) is 3.55. The zero-order valence-electron chi connectivity index (χ0n) is 8.32. The van der Waals surface area contributed by atoms with E-state index < -0.39 is 0 Å². The third-order valence-corrected chi connectivity index (χ3v) is 2.07. The lowest BCUT2D eigenvalue weighted by Gasteiger charge is -2.23. The number of aromatic nitrogens is 1. The van der Waals surface area contributed by atoms with Crippen LogP contribution < -0.4 is 5.32 Å². The molecule has 0 atom stereocenters. The molecule has 1 fully saturated rings. The Balaban J connectivity index is 2.00. The Kier molecular flexibility index (Phi) is 2.51. The van der Waals surface area contributed by atoms with Crippen LogP contribution in [-0.4, -0.2) is 35.0 Å². The highest BCUT2D eigenvalue weighted by atomic mass is 16.5. The van der Waals surface area contributed by atoms with Crippen molar-refractivity contribution in [2.24, 2.45) is 0 Å². The van der Waals surface area contributed by atoms with Gasteiger partial charge in [-0.05, 0) is 6.92 Å². The largest absolute Gasteiger partial charge is 0.360 e. The number of carbonyl (C=O) groups is 2. The summed E-state index contributed by atoms with van der Waals surface area (Å²) in [5.74, 6) is 0.111. The number of hydrogen-bond donors (Lipinski definition) is 1. The van der Waals surface area contributed by atoms with E-state index in [9.17, 15) is 9.59 Å². The molecule has 15 heavy (non-hydrogen) atoms. The van der Waals surface area contributed by atoms with Crippen LogP contribution in [0.15, 0.2) is 10.6 Å². The molecule has 0 bridgehead atoms. The lowest BCUT2D eigenvalue weighted by Crippen LogP contribution is -2.50. The molecule has 1 aromatic heterocycles. The summed E-state index contributed by atoms with van der Waals surface area (Å²) in [6.07, 6.45) is 0. The van der Waals surface area contributed by atoms with Gasteiger partial charge in [-0.15, -0.1) is 0 Å². The average molecular weight is 209 g/mol. The second kappa shape index (κ2) is 3.82. The second-order valence-electron chi connectivity index (χ2n) is 3.55. The Morgan fingerprint density at radius 1 is 1.47 bits per heavy atom. The van der Waals surface area contributed by atoms with Gasteiger partial charge in [0.2, 0.25) is 11.8 Å². The number of hydrogen-bond acceptors (Lipinski definition) is 5. The van der Waals surface area contributed by atoms with Crippen LogP contribution in [0, 0.1) is 6.92 Å². The molecular formula is C9H11N3O3. The standard InChI is InChI=1S/C9H11N3O3/c1-6-2-7(15-11-6)3-12-4-8(13)10-9(14)5-12/h2H,3-5H2,1H3,(H,10,13,14). The molecule has 6 heteroatoms. The first kappa shape index (κ1) is 9.85. The van der Waals surface area contributed by atoms with Crippen molar-refractivity contribution in [1.29, 1.82) is 0 Å². The molecule has 0 aromatic carbocycles. The first-order valence-corrected chi connectivity index (χ1v) is 4.61. The average Bonchev–Trinajstić information content (AvgIpc) is 2.49. The van der Waals surface area contributed by atoms with E-state index in [1.807, 2.05) is 6.92 Å². The van der Waals surface area contributed by atoms with E-state index in [1.165, 1.54) is 0 Å². The summed E-state index contributed by atoms with van der Waals surface area (Å²) in [4.78, 5) is 23.8. The highest BCUT2D eigenvalue weighted by molar-refractivity contribution is 5.99. The van der Waals surface area contributed by atoms with Crippen molar-refractivity contribution < 1.29 is 14.1 Å². The summed E-state index contributed by atoms with van der Waals surface area (Å²) in [5, 5.41) is 5.97. The van der Waals surface area contributed by atoms with E-state index >= 15 is 0 Å². The van der Waals surface area contributed by atoms with E-state index in [0.717, 1.165) is 5.69 Å². The highest BCUT2D eigenvalue weighted by Crippen LogP contribution is 2.07. The van der Waals surface area contributed by atoms with Gasteiger partial charge in [-0.2, -0.15) is 0 Å². The van der Waals surface area contributed by atoms with Crippen LogP contribution in [0.4, 0.5) is 0 Å². The van der Waals surface area contributed by atoms with Crippen molar-refractivity contribution in [2.75, 3.05) is 13.1 Å². The van der Waals surface area contributed by atoms with Gasteiger partial charge >= 0.3 is 0 Å². The molecule has 0 aliphatic carbocycles. The van der Waals surface area contributed by atoms with Crippen molar-refractivity contribution in [2.45, 2.75) is 13.5 Å².